The summed E-state index contributed by atoms with van der Waals surface area (Å²) in [5.74, 6) is -0.847. The van der Waals surface area contributed by atoms with Crippen LogP contribution in [0.3, 0.4) is 0 Å². The smallest absolute Gasteiger partial charge is 0.380 e. The molecule has 0 fully saturated rings. The maximum Gasteiger partial charge on any atom is 0.435 e. The first-order valence-electron chi connectivity index (χ1n) is 12.0. The summed E-state index contributed by atoms with van der Waals surface area (Å²) in [5.41, 5.74) is -1.84. The number of nitriles is 1. The highest BCUT2D eigenvalue weighted by Crippen LogP contribution is 2.40. The third-order valence-electron chi connectivity index (χ3n) is 5.87. The Morgan fingerprint density at radius 3 is 2.26 bits per heavy atom. The fourth-order valence-corrected chi connectivity index (χ4v) is 4.27. The monoisotopic (exact) mass is 531 g/mol. The number of rotatable bonds is 6. The molecule has 3 aromatic carbocycles. The number of carbonyl (C=O) groups excluding carboxylic acids is 1. The number of hydrogen-bond acceptors (Lipinski definition) is 4. The normalized spacial score (nSPS) is 13.4. The summed E-state index contributed by atoms with van der Waals surface area (Å²) in [6.07, 6.45) is -2.99. The highest BCUT2D eigenvalue weighted by Gasteiger charge is 2.38. The van der Waals surface area contributed by atoms with E-state index in [9.17, 15) is 28.3 Å². The van der Waals surface area contributed by atoms with Crippen molar-refractivity contribution in [3.05, 3.63) is 119 Å². The minimum absolute atomic E-state index is 0.127. The number of carbonyl (C=O) groups is 1. The molecule has 1 amide bonds. The van der Waals surface area contributed by atoms with E-state index in [1.54, 1.807) is 42.8 Å². The zero-order valence-electron chi connectivity index (χ0n) is 21.5. The standard InChI is InChI=1S/C30H26F3N4O2/c1-28(2,3)19-29(39,21-10-5-4-6-11-21)22-12-8-13-23(16-22)35-27(38)25-17-26(30(31,32)33)36-37(25)24-14-7-9-20(15-24)18-34/h4-17,19,39H,1-3H3,(H,35,38). The van der Waals surface area contributed by atoms with Gasteiger partial charge in [-0.2, -0.15) is 23.5 Å². The summed E-state index contributed by atoms with van der Waals surface area (Å²) in [6.45, 7) is 5.85. The molecule has 0 aliphatic carbocycles. The maximum atomic E-state index is 13.5. The van der Waals surface area contributed by atoms with Crippen molar-refractivity contribution in [3.63, 3.8) is 0 Å². The number of amides is 1. The van der Waals surface area contributed by atoms with E-state index in [0.29, 0.717) is 17.2 Å². The predicted molar refractivity (Wildman–Crippen MR) is 141 cm³/mol. The summed E-state index contributed by atoms with van der Waals surface area (Å²) < 4.78 is 41.4. The number of halogens is 3. The van der Waals surface area contributed by atoms with Crippen LogP contribution >= 0.6 is 0 Å². The van der Waals surface area contributed by atoms with Gasteiger partial charge in [0.2, 0.25) is 0 Å². The number of benzene rings is 3. The molecule has 0 saturated heterocycles. The number of nitrogens with one attached hydrogen (secondary N) is 1. The first kappa shape index (κ1) is 27.6. The Morgan fingerprint density at radius 2 is 1.62 bits per heavy atom. The fourth-order valence-electron chi connectivity index (χ4n) is 4.27. The zero-order chi connectivity index (χ0) is 28.4. The lowest BCUT2D eigenvalue weighted by atomic mass is 9.74. The summed E-state index contributed by atoms with van der Waals surface area (Å²) in [4.78, 5) is 13.3. The van der Waals surface area contributed by atoms with Crippen LogP contribution in [0.5, 0.6) is 0 Å². The Hall–Kier alpha value is -4.42. The molecule has 1 atom stereocenters. The largest absolute Gasteiger partial charge is 0.435 e. The molecule has 0 saturated carbocycles. The molecule has 1 heterocycles. The first-order chi connectivity index (χ1) is 18.3. The van der Waals surface area contributed by atoms with Crippen molar-refractivity contribution in [2.75, 3.05) is 5.32 Å². The van der Waals surface area contributed by atoms with E-state index in [4.69, 9.17) is 0 Å². The van der Waals surface area contributed by atoms with Crippen LogP contribution in [0.15, 0.2) is 84.9 Å². The van der Waals surface area contributed by atoms with Gasteiger partial charge in [-0.1, -0.05) is 69.3 Å². The number of aromatic nitrogens is 2. The van der Waals surface area contributed by atoms with Crippen LogP contribution in [0.25, 0.3) is 5.69 Å². The Kier molecular flexibility index (Phi) is 7.35. The van der Waals surface area contributed by atoms with Crippen LogP contribution in [0, 0.1) is 23.2 Å². The molecular formula is C30H26F3N4O2. The van der Waals surface area contributed by atoms with E-state index in [0.717, 1.165) is 4.68 Å². The minimum atomic E-state index is -4.79. The van der Waals surface area contributed by atoms with Gasteiger partial charge in [0.15, 0.2) is 5.69 Å². The highest BCUT2D eigenvalue weighted by atomic mass is 19.4. The van der Waals surface area contributed by atoms with Crippen LogP contribution in [-0.4, -0.2) is 20.8 Å². The van der Waals surface area contributed by atoms with Crippen molar-refractivity contribution in [1.82, 2.24) is 9.78 Å². The Morgan fingerprint density at radius 1 is 0.949 bits per heavy atom. The van der Waals surface area contributed by atoms with Crippen LogP contribution in [-0.2, 0) is 11.8 Å². The van der Waals surface area contributed by atoms with Crippen molar-refractivity contribution in [2.24, 2.45) is 5.41 Å². The van der Waals surface area contributed by atoms with Crippen molar-refractivity contribution in [1.29, 1.82) is 5.26 Å². The Balaban J connectivity index is 1.73. The fraction of sp³-hybridized carbons (Fsp3) is 0.200. The number of alkyl halides is 3. The van der Waals surface area contributed by atoms with Gasteiger partial charge in [0.25, 0.3) is 5.91 Å². The van der Waals surface area contributed by atoms with Gasteiger partial charge in [-0.3, -0.25) is 4.79 Å². The van der Waals surface area contributed by atoms with Crippen molar-refractivity contribution in [2.45, 2.75) is 32.5 Å². The molecular weight excluding hydrogens is 505 g/mol. The van der Waals surface area contributed by atoms with Gasteiger partial charge >= 0.3 is 6.18 Å². The van der Waals surface area contributed by atoms with E-state index in [1.165, 1.54) is 24.3 Å². The van der Waals surface area contributed by atoms with Crippen LogP contribution in [0.2, 0.25) is 0 Å². The first-order valence-corrected chi connectivity index (χ1v) is 12.0. The molecule has 199 valence electrons. The Bertz CT molecular complexity index is 1530. The number of aliphatic hydroxyl groups is 1. The third kappa shape index (κ3) is 6.19. The molecule has 4 rings (SSSR count). The molecule has 2 N–H and O–H groups in total. The number of hydrogen-bond donors (Lipinski definition) is 2. The van der Waals surface area contributed by atoms with Gasteiger partial charge < -0.3 is 10.4 Å². The van der Waals surface area contributed by atoms with Crippen molar-refractivity contribution in [3.8, 4) is 11.8 Å². The molecule has 1 radical (unpaired) electrons. The van der Waals surface area contributed by atoms with Crippen molar-refractivity contribution >= 4 is 11.6 Å². The van der Waals surface area contributed by atoms with Gasteiger partial charge in [0.05, 0.1) is 17.3 Å². The number of anilines is 1. The average molecular weight is 532 g/mol. The van der Waals surface area contributed by atoms with Gasteiger partial charge in [-0.05, 0) is 46.9 Å². The zero-order valence-corrected chi connectivity index (χ0v) is 21.5. The molecule has 39 heavy (non-hydrogen) atoms. The highest BCUT2D eigenvalue weighted by molar-refractivity contribution is 6.03. The molecule has 4 aromatic rings. The van der Waals surface area contributed by atoms with Crippen LogP contribution < -0.4 is 5.32 Å². The lowest BCUT2D eigenvalue weighted by Gasteiger charge is -2.35. The molecule has 0 bridgehead atoms. The summed E-state index contributed by atoms with van der Waals surface area (Å²) in [6, 6.07) is 23.9. The minimum Gasteiger partial charge on any atom is -0.380 e. The quantitative estimate of drug-likeness (QED) is 0.297. The molecule has 6 nitrogen and oxygen atoms in total. The van der Waals surface area contributed by atoms with Gasteiger partial charge in [-0.25, -0.2) is 4.68 Å². The van der Waals surface area contributed by atoms with Gasteiger partial charge in [0, 0.05) is 18.2 Å². The topological polar surface area (TPSA) is 90.9 Å². The average Bonchev–Trinajstić information content (AvgIpc) is 3.35. The number of nitrogens with zero attached hydrogens (tertiary/aromatic N) is 3. The molecule has 9 heteroatoms. The van der Waals surface area contributed by atoms with Crippen LogP contribution in [0.4, 0.5) is 18.9 Å². The van der Waals surface area contributed by atoms with Crippen LogP contribution in [0.1, 0.15) is 53.6 Å². The molecule has 0 spiro atoms. The van der Waals surface area contributed by atoms with E-state index in [-0.39, 0.29) is 28.0 Å². The second-order valence-corrected chi connectivity index (χ2v) is 10.2. The van der Waals surface area contributed by atoms with E-state index < -0.39 is 23.4 Å². The van der Waals surface area contributed by atoms with E-state index in [2.05, 4.69) is 10.4 Å². The summed E-state index contributed by atoms with van der Waals surface area (Å²) in [7, 11) is 0. The summed E-state index contributed by atoms with van der Waals surface area (Å²) >= 11 is 0. The van der Waals surface area contributed by atoms with Gasteiger partial charge in [0.1, 0.15) is 11.3 Å². The lowest BCUT2D eigenvalue weighted by molar-refractivity contribution is -0.141. The van der Waals surface area contributed by atoms with E-state index in [1.807, 2.05) is 45.0 Å². The third-order valence-corrected chi connectivity index (χ3v) is 5.87. The van der Waals surface area contributed by atoms with Crippen molar-refractivity contribution < 1.29 is 23.1 Å². The molecule has 1 unspecified atom stereocenters. The maximum absolute atomic E-state index is 13.5. The second kappa shape index (κ2) is 10.4. The van der Waals surface area contributed by atoms with Gasteiger partial charge in [-0.15, -0.1) is 0 Å². The molecule has 0 aliphatic heterocycles. The van der Waals surface area contributed by atoms with E-state index >= 15 is 0 Å². The lowest BCUT2D eigenvalue weighted by Crippen LogP contribution is -2.33. The summed E-state index contributed by atoms with van der Waals surface area (Å²) in [5, 5.41) is 27.3. The predicted octanol–water partition coefficient (Wildman–Crippen LogP) is 6.50. The molecule has 0 aliphatic rings. The Labute approximate surface area is 224 Å². The SMILES string of the molecule is CC(C)(C)[CH]C(O)(c1ccccc1)c1cccc(NC(=O)c2cc(C(F)(F)F)nn2-c2cccc(C#N)c2)c1. The molecule has 1 aromatic heterocycles. The second-order valence-electron chi connectivity index (χ2n) is 10.2.